The lowest BCUT2D eigenvalue weighted by atomic mass is 10.2. The van der Waals surface area contributed by atoms with Gasteiger partial charge >= 0.3 is 0 Å². The molecular formula is C13H9Cl2FOS. The molecule has 0 aliphatic carbocycles. The Labute approximate surface area is 117 Å². The van der Waals surface area contributed by atoms with Crippen molar-refractivity contribution in [2.75, 3.05) is 0 Å². The Kier molecular flexibility index (Phi) is 4.38. The van der Waals surface area contributed by atoms with Gasteiger partial charge < -0.3 is 0 Å². The lowest BCUT2D eigenvalue weighted by Gasteiger charge is -2.05. The molecule has 94 valence electrons. The Bertz CT molecular complexity index is 601. The van der Waals surface area contributed by atoms with E-state index in [-0.39, 0.29) is 5.75 Å². The van der Waals surface area contributed by atoms with Crippen LogP contribution < -0.4 is 0 Å². The Balaban J connectivity index is 2.24. The molecule has 0 spiro atoms. The molecule has 0 radical (unpaired) electrons. The molecule has 1 nitrogen and oxygen atoms in total. The summed E-state index contributed by atoms with van der Waals surface area (Å²) in [5.74, 6) is -0.193. The Hall–Kier alpha value is -0.900. The molecule has 0 aliphatic rings. The minimum Gasteiger partial charge on any atom is -0.254 e. The second-order valence-corrected chi connectivity index (χ2v) is 5.98. The van der Waals surface area contributed by atoms with Crippen molar-refractivity contribution in [1.29, 1.82) is 0 Å². The molecule has 2 rings (SSSR count). The smallest absolute Gasteiger partial charge is 0.124 e. The third kappa shape index (κ3) is 3.31. The van der Waals surface area contributed by atoms with E-state index in [4.69, 9.17) is 23.2 Å². The zero-order valence-corrected chi connectivity index (χ0v) is 11.5. The quantitative estimate of drug-likeness (QED) is 0.819. The zero-order chi connectivity index (χ0) is 13.1. The standard InChI is InChI=1S/C13H9Cl2FOS/c14-10-4-5-13(15)9(6-10)8-18(17)12-3-1-2-11(16)7-12/h1-7H,8H2. The summed E-state index contributed by atoms with van der Waals surface area (Å²) in [5.41, 5.74) is 0.687. The van der Waals surface area contributed by atoms with Gasteiger partial charge in [-0.2, -0.15) is 0 Å². The fourth-order valence-electron chi connectivity index (χ4n) is 1.49. The highest BCUT2D eigenvalue weighted by atomic mass is 35.5. The van der Waals surface area contributed by atoms with Gasteiger partial charge in [0.05, 0.1) is 16.6 Å². The number of hydrogen-bond acceptors (Lipinski definition) is 1. The monoisotopic (exact) mass is 302 g/mol. The largest absolute Gasteiger partial charge is 0.254 e. The van der Waals surface area contributed by atoms with Gasteiger partial charge in [-0.1, -0.05) is 29.3 Å². The van der Waals surface area contributed by atoms with E-state index >= 15 is 0 Å². The third-order valence-corrected chi connectivity index (χ3v) is 4.31. The van der Waals surface area contributed by atoms with Crippen molar-refractivity contribution in [1.82, 2.24) is 0 Å². The van der Waals surface area contributed by atoms with Gasteiger partial charge in [-0.25, -0.2) is 4.39 Å². The van der Waals surface area contributed by atoms with Crippen LogP contribution in [0.4, 0.5) is 4.39 Å². The first kappa shape index (κ1) is 13.5. The van der Waals surface area contributed by atoms with E-state index in [2.05, 4.69) is 0 Å². The van der Waals surface area contributed by atoms with Crippen LogP contribution in [0.1, 0.15) is 5.56 Å². The first-order chi connectivity index (χ1) is 8.56. The molecular weight excluding hydrogens is 294 g/mol. The van der Waals surface area contributed by atoms with Crippen molar-refractivity contribution in [3.8, 4) is 0 Å². The molecule has 1 unspecified atom stereocenters. The lowest BCUT2D eigenvalue weighted by Crippen LogP contribution is -1.97. The summed E-state index contributed by atoms with van der Waals surface area (Å²) in [6.07, 6.45) is 0. The van der Waals surface area contributed by atoms with E-state index in [0.717, 1.165) is 0 Å². The van der Waals surface area contributed by atoms with E-state index < -0.39 is 16.6 Å². The van der Waals surface area contributed by atoms with E-state index in [1.54, 1.807) is 24.3 Å². The fraction of sp³-hybridized carbons (Fsp3) is 0.0769. The maximum Gasteiger partial charge on any atom is 0.124 e. The molecule has 0 saturated heterocycles. The molecule has 2 aromatic carbocycles. The van der Waals surface area contributed by atoms with Crippen molar-refractivity contribution >= 4 is 34.0 Å². The predicted octanol–water partition coefficient (Wildman–Crippen LogP) is 4.44. The van der Waals surface area contributed by atoms with Crippen LogP contribution in [-0.2, 0) is 16.6 Å². The summed E-state index contributed by atoms with van der Waals surface area (Å²) in [4.78, 5) is 0.436. The van der Waals surface area contributed by atoms with Gasteiger partial charge in [-0.3, -0.25) is 4.21 Å². The predicted molar refractivity (Wildman–Crippen MR) is 73.0 cm³/mol. The fourth-order valence-corrected chi connectivity index (χ4v) is 3.11. The highest BCUT2D eigenvalue weighted by Crippen LogP contribution is 2.23. The third-order valence-electron chi connectivity index (χ3n) is 2.35. The zero-order valence-electron chi connectivity index (χ0n) is 9.20. The SMILES string of the molecule is O=S(Cc1cc(Cl)ccc1Cl)c1cccc(F)c1. The minimum absolute atomic E-state index is 0.211. The molecule has 2 aromatic rings. The van der Waals surface area contributed by atoms with Crippen LogP contribution in [0, 0.1) is 5.82 Å². The number of halogens is 3. The van der Waals surface area contributed by atoms with Gasteiger partial charge in [0.2, 0.25) is 0 Å². The first-order valence-electron chi connectivity index (χ1n) is 5.14. The molecule has 0 amide bonds. The van der Waals surface area contributed by atoms with Crippen molar-refractivity contribution in [3.63, 3.8) is 0 Å². The molecule has 0 N–H and O–H groups in total. The maximum absolute atomic E-state index is 13.0. The average Bonchev–Trinajstić information content (AvgIpc) is 2.34. The Morgan fingerprint density at radius 1 is 1.11 bits per heavy atom. The summed E-state index contributed by atoms with van der Waals surface area (Å²) in [7, 11) is -1.35. The molecule has 0 aromatic heterocycles. The summed E-state index contributed by atoms with van der Waals surface area (Å²) in [6.45, 7) is 0. The Morgan fingerprint density at radius 3 is 2.61 bits per heavy atom. The maximum atomic E-state index is 13.0. The molecule has 0 aliphatic heterocycles. The normalized spacial score (nSPS) is 12.4. The molecule has 0 heterocycles. The van der Waals surface area contributed by atoms with Gasteiger partial charge in [0.1, 0.15) is 5.82 Å². The number of benzene rings is 2. The van der Waals surface area contributed by atoms with Crippen molar-refractivity contribution in [3.05, 3.63) is 63.9 Å². The van der Waals surface area contributed by atoms with Gasteiger partial charge in [0, 0.05) is 14.9 Å². The summed E-state index contributed by atoms with van der Waals surface area (Å²) in [6, 6.07) is 10.7. The van der Waals surface area contributed by atoms with E-state index in [9.17, 15) is 8.60 Å². The van der Waals surface area contributed by atoms with Gasteiger partial charge in [-0.15, -0.1) is 0 Å². The topological polar surface area (TPSA) is 17.1 Å². The van der Waals surface area contributed by atoms with E-state index in [1.165, 1.54) is 18.2 Å². The molecule has 0 saturated carbocycles. The second kappa shape index (κ2) is 5.83. The molecule has 0 bridgehead atoms. The van der Waals surface area contributed by atoms with Crippen molar-refractivity contribution in [2.24, 2.45) is 0 Å². The van der Waals surface area contributed by atoms with Crippen LogP contribution in [0.3, 0.4) is 0 Å². The highest BCUT2D eigenvalue weighted by molar-refractivity contribution is 7.84. The molecule has 18 heavy (non-hydrogen) atoms. The van der Waals surface area contributed by atoms with Gasteiger partial charge in [0.25, 0.3) is 0 Å². The van der Waals surface area contributed by atoms with Crippen LogP contribution in [0.5, 0.6) is 0 Å². The van der Waals surface area contributed by atoms with Crippen molar-refractivity contribution < 1.29 is 8.60 Å². The van der Waals surface area contributed by atoms with E-state index in [1.807, 2.05) is 0 Å². The van der Waals surface area contributed by atoms with Crippen molar-refractivity contribution in [2.45, 2.75) is 10.6 Å². The van der Waals surface area contributed by atoms with Crippen LogP contribution >= 0.6 is 23.2 Å². The van der Waals surface area contributed by atoms with Crippen LogP contribution in [0.25, 0.3) is 0 Å². The summed E-state index contributed by atoms with van der Waals surface area (Å²) < 4.78 is 25.1. The average molecular weight is 303 g/mol. The van der Waals surface area contributed by atoms with E-state index in [0.29, 0.717) is 20.5 Å². The number of hydrogen-bond donors (Lipinski definition) is 0. The summed E-state index contributed by atoms with van der Waals surface area (Å²) in [5, 5.41) is 1.04. The second-order valence-electron chi connectivity index (χ2n) is 3.68. The first-order valence-corrected chi connectivity index (χ1v) is 7.21. The molecule has 1 atom stereocenters. The van der Waals surface area contributed by atoms with Crippen LogP contribution in [0.15, 0.2) is 47.4 Å². The highest BCUT2D eigenvalue weighted by Gasteiger charge is 2.09. The Morgan fingerprint density at radius 2 is 1.89 bits per heavy atom. The molecule has 5 heteroatoms. The minimum atomic E-state index is -1.35. The number of rotatable bonds is 3. The van der Waals surface area contributed by atoms with Crippen LogP contribution in [-0.4, -0.2) is 4.21 Å². The molecule has 0 fully saturated rings. The van der Waals surface area contributed by atoms with Gasteiger partial charge in [-0.05, 0) is 42.0 Å². The lowest BCUT2D eigenvalue weighted by molar-refractivity contribution is 0.622. The van der Waals surface area contributed by atoms with Gasteiger partial charge in [0.15, 0.2) is 0 Å². The van der Waals surface area contributed by atoms with Crippen LogP contribution in [0.2, 0.25) is 10.0 Å². The summed E-state index contributed by atoms with van der Waals surface area (Å²) >= 11 is 11.8.